The van der Waals surface area contributed by atoms with Gasteiger partial charge in [0, 0.05) is 0 Å². The Hall–Kier alpha value is -0.140. The predicted molar refractivity (Wildman–Crippen MR) is 92.9 cm³/mol. The monoisotopic (exact) mass is 326 g/mol. The molecule has 2 heteroatoms. The van der Waals surface area contributed by atoms with Crippen LogP contribution in [0.15, 0.2) is 0 Å². The van der Waals surface area contributed by atoms with Gasteiger partial charge in [0.2, 0.25) is 0 Å². The zero-order chi connectivity index (χ0) is 16.4. The fraction of sp³-hybridized carbons (Fsp3) is 1.00. The lowest BCUT2D eigenvalue weighted by Crippen LogP contribution is -2.35. The van der Waals surface area contributed by atoms with Crippen molar-refractivity contribution in [3.8, 4) is 0 Å². The summed E-state index contributed by atoms with van der Waals surface area (Å²) in [6.07, 6.45) is 11.3. The molecule has 3 fully saturated rings. The molecular weight excluding hydrogens is 290 g/mol. The van der Waals surface area contributed by atoms with Crippen LogP contribution in [0.25, 0.3) is 0 Å². The number of hydrogen-bond acceptors (Lipinski definition) is 0. The highest BCUT2D eigenvalue weighted by Crippen LogP contribution is 2.44. The van der Waals surface area contributed by atoms with Crippen LogP contribution in [0.4, 0.5) is 8.78 Å². The van der Waals surface area contributed by atoms with Gasteiger partial charge in [-0.05, 0) is 80.5 Å². The van der Waals surface area contributed by atoms with Gasteiger partial charge in [-0.1, -0.05) is 39.5 Å². The van der Waals surface area contributed by atoms with Gasteiger partial charge in [-0.25, -0.2) is 8.78 Å². The van der Waals surface area contributed by atoms with E-state index in [0.29, 0.717) is 18.8 Å². The van der Waals surface area contributed by atoms with Crippen LogP contribution in [0.2, 0.25) is 0 Å². The Kier molecular flexibility index (Phi) is 6.02. The molecule has 3 aliphatic rings. The minimum atomic E-state index is -0.771. The molecule has 0 spiro atoms. The molecule has 4 unspecified atom stereocenters. The van der Waals surface area contributed by atoms with Gasteiger partial charge in [0.25, 0.3) is 0 Å². The summed E-state index contributed by atoms with van der Waals surface area (Å²) < 4.78 is 28.2. The zero-order valence-corrected chi connectivity index (χ0v) is 15.2. The highest BCUT2D eigenvalue weighted by atomic mass is 19.1. The van der Waals surface area contributed by atoms with Gasteiger partial charge in [-0.2, -0.15) is 0 Å². The van der Waals surface area contributed by atoms with Crippen molar-refractivity contribution in [2.75, 3.05) is 0 Å². The minimum absolute atomic E-state index is 0.00159. The molecule has 4 atom stereocenters. The van der Waals surface area contributed by atoms with Gasteiger partial charge in [0.1, 0.15) is 12.3 Å². The summed E-state index contributed by atoms with van der Waals surface area (Å²) in [5.74, 6) is 3.42. The molecule has 0 aromatic rings. The lowest BCUT2D eigenvalue weighted by Gasteiger charge is -2.39. The summed E-state index contributed by atoms with van der Waals surface area (Å²) in [6, 6.07) is 0. The smallest absolute Gasteiger partial charge is 0.103 e. The maximum absolute atomic E-state index is 14.3. The fourth-order valence-electron chi connectivity index (χ4n) is 5.69. The topological polar surface area (TPSA) is 0 Å². The van der Waals surface area contributed by atoms with Crippen LogP contribution < -0.4 is 0 Å². The molecule has 0 saturated heterocycles. The average molecular weight is 327 g/mol. The van der Waals surface area contributed by atoms with E-state index in [9.17, 15) is 8.78 Å². The normalized spacial score (nSPS) is 49.0. The van der Waals surface area contributed by atoms with E-state index < -0.39 is 12.3 Å². The standard InChI is InChI=1S/C21H36F2/c1-14-3-7-17(8-4-14)18-9-5-16(6-10-18)12-19-13-20(22)15(2)11-21(19)23/h14-21H,3-13H2,1-2H3. The Morgan fingerprint density at radius 1 is 0.696 bits per heavy atom. The summed E-state index contributed by atoms with van der Waals surface area (Å²) in [4.78, 5) is 0. The molecule has 3 saturated carbocycles. The summed E-state index contributed by atoms with van der Waals surface area (Å²) >= 11 is 0. The molecule has 134 valence electrons. The van der Waals surface area contributed by atoms with E-state index in [4.69, 9.17) is 0 Å². The van der Waals surface area contributed by atoms with Gasteiger partial charge >= 0.3 is 0 Å². The van der Waals surface area contributed by atoms with Crippen LogP contribution in [-0.4, -0.2) is 12.3 Å². The third-order valence-electron chi connectivity index (χ3n) is 7.51. The van der Waals surface area contributed by atoms with Crippen LogP contribution in [0.3, 0.4) is 0 Å². The van der Waals surface area contributed by atoms with Crippen LogP contribution in [0.5, 0.6) is 0 Å². The van der Waals surface area contributed by atoms with Crippen molar-refractivity contribution in [3.63, 3.8) is 0 Å². The van der Waals surface area contributed by atoms with Gasteiger partial charge in [-0.15, -0.1) is 0 Å². The van der Waals surface area contributed by atoms with Crippen LogP contribution in [0.1, 0.15) is 84.5 Å². The Balaban J connectivity index is 1.42. The molecule has 0 N–H and O–H groups in total. The molecule has 0 heterocycles. The lowest BCUT2D eigenvalue weighted by molar-refractivity contribution is 0.0408. The molecule has 0 amide bonds. The molecule has 0 nitrogen and oxygen atoms in total. The number of halogens is 2. The first-order chi connectivity index (χ1) is 11.0. The first-order valence-corrected chi connectivity index (χ1v) is 10.3. The summed E-state index contributed by atoms with van der Waals surface area (Å²) in [5.41, 5.74) is 0. The quantitative estimate of drug-likeness (QED) is 0.539. The first-order valence-electron chi connectivity index (χ1n) is 10.3. The molecular formula is C21H36F2. The lowest BCUT2D eigenvalue weighted by atomic mass is 9.67. The summed E-state index contributed by atoms with van der Waals surface area (Å²) in [6.45, 7) is 4.26. The Bertz CT molecular complexity index is 353. The van der Waals surface area contributed by atoms with Crippen molar-refractivity contribution in [2.45, 2.75) is 96.8 Å². The van der Waals surface area contributed by atoms with E-state index in [-0.39, 0.29) is 11.8 Å². The zero-order valence-electron chi connectivity index (χ0n) is 15.2. The van der Waals surface area contributed by atoms with E-state index in [1.807, 2.05) is 6.92 Å². The van der Waals surface area contributed by atoms with E-state index >= 15 is 0 Å². The first kappa shape index (κ1) is 17.7. The maximum atomic E-state index is 14.3. The second kappa shape index (κ2) is 7.83. The summed E-state index contributed by atoms with van der Waals surface area (Å²) in [5, 5.41) is 0. The fourth-order valence-corrected chi connectivity index (χ4v) is 5.69. The molecule has 3 aliphatic carbocycles. The van der Waals surface area contributed by atoms with Crippen molar-refractivity contribution in [2.24, 2.45) is 35.5 Å². The van der Waals surface area contributed by atoms with Crippen LogP contribution >= 0.6 is 0 Å². The molecule has 0 bridgehead atoms. The van der Waals surface area contributed by atoms with Crippen LogP contribution in [0, 0.1) is 35.5 Å². The van der Waals surface area contributed by atoms with Gasteiger partial charge in [-0.3, -0.25) is 0 Å². The molecule has 0 aliphatic heterocycles. The SMILES string of the molecule is CC1CCC(C2CCC(CC3CC(F)C(C)CC3F)CC2)CC1. The largest absolute Gasteiger partial charge is 0.247 e. The van der Waals surface area contributed by atoms with Gasteiger partial charge in [0.15, 0.2) is 0 Å². The number of alkyl halides is 2. The van der Waals surface area contributed by atoms with Crippen molar-refractivity contribution < 1.29 is 8.78 Å². The highest BCUT2D eigenvalue weighted by molar-refractivity contribution is 4.87. The van der Waals surface area contributed by atoms with Crippen molar-refractivity contribution in [1.29, 1.82) is 0 Å². The minimum Gasteiger partial charge on any atom is -0.247 e. The molecule has 3 rings (SSSR count). The average Bonchev–Trinajstić information content (AvgIpc) is 2.54. The number of rotatable bonds is 3. The third-order valence-corrected chi connectivity index (χ3v) is 7.51. The van der Waals surface area contributed by atoms with E-state index in [1.165, 1.54) is 51.4 Å². The highest BCUT2D eigenvalue weighted by Gasteiger charge is 2.37. The van der Waals surface area contributed by atoms with E-state index in [2.05, 4.69) is 6.92 Å². The van der Waals surface area contributed by atoms with Crippen molar-refractivity contribution >= 4 is 0 Å². The second-order valence-corrected chi connectivity index (χ2v) is 9.28. The Labute approximate surface area is 141 Å². The van der Waals surface area contributed by atoms with E-state index in [0.717, 1.165) is 24.2 Å². The summed E-state index contributed by atoms with van der Waals surface area (Å²) in [7, 11) is 0. The van der Waals surface area contributed by atoms with E-state index in [1.54, 1.807) is 0 Å². The molecule has 0 radical (unpaired) electrons. The second-order valence-electron chi connectivity index (χ2n) is 9.28. The van der Waals surface area contributed by atoms with Crippen molar-refractivity contribution in [3.05, 3.63) is 0 Å². The van der Waals surface area contributed by atoms with Gasteiger partial charge in [0.05, 0.1) is 0 Å². The molecule has 0 aromatic carbocycles. The van der Waals surface area contributed by atoms with Crippen molar-refractivity contribution in [1.82, 2.24) is 0 Å². The molecule has 23 heavy (non-hydrogen) atoms. The molecule has 0 aromatic heterocycles. The third kappa shape index (κ3) is 4.48. The Morgan fingerprint density at radius 3 is 1.87 bits per heavy atom. The Morgan fingerprint density at radius 2 is 1.26 bits per heavy atom. The van der Waals surface area contributed by atoms with Gasteiger partial charge < -0.3 is 0 Å². The van der Waals surface area contributed by atoms with Crippen LogP contribution in [-0.2, 0) is 0 Å². The maximum Gasteiger partial charge on any atom is 0.103 e. The predicted octanol–water partition coefficient (Wildman–Crippen LogP) is 6.73. The number of hydrogen-bond donors (Lipinski definition) is 0.